The van der Waals surface area contributed by atoms with Gasteiger partial charge in [-0.3, -0.25) is 28.8 Å². The third-order valence-corrected chi connectivity index (χ3v) is 5.01. The predicted octanol–water partition coefficient (Wildman–Crippen LogP) is 3.56. The summed E-state index contributed by atoms with van der Waals surface area (Å²) < 4.78 is 26.0. The van der Waals surface area contributed by atoms with E-state index in [4.69, 9.17) is 23.4 Å². The van der Waals surface area contributed by atoms with Crippen LogP contribution in [0.5, 0.6) is 17.2 Å². The number of ether oxygens (including phenoxy) is 4. The van der Waals surface area contributed by atoms with Crippen LogP contribution >= 0.6 is 0 Å². The second-order valence-corrected chi connectivity index (χ2v) is 7.86. The summed E-state index contributed by atoms with van der Waals surface area (Å²) in [4.78, 5) is 73.3. The Morgan fingerprint density at radius 1 is 0.676 bits per heavy atom. The smallest absolute Gasteiger partial charge is 0.308 e. The van der Waals surface area contributed by atoms with Gasteiger partial charge in [-0.15, -0.1) is 0 Å². The number of carbonyl (C=O) groups excluding carboxylic acids is 6. The average molecular weight is 506 g/mol. The number of Topliss-reactive ketones (excluding diaryl/α,β-unsaturated/α-hetero) is 2. The van der Waals surface area contributed by atoms with Crippen LogP contribution in [-0.2, 0) is 23.9 Å². The van der Waals surface area contributed by atoms with Gasteiger partial charge < -0.3 is 23.4 Å². The van der Waals surface area contributed by atoms with Gasteiger partial charge in [0.1, 0.15) is 11.3 Å². The first kappa shape index (κ1) is 25.0. The van der Waals surface area contributed by atoms with Crippen molar-refractivity contribution in [3.63, 3.8) is 0 Å². The van der Waals surface area contributed by atoms with Crippen molar-refractivity contribution in [2.75, 3.05) is 0 Å². The van der Waals surface area contributed by atoms with Crippen molar-refractivity contribution < 1.29 is 52.1 Å². The Hall–Kier alpha value is -5.06. The van der Waals surface area contributed by atoms with Crippen LogP contribution in [-0.4, -0.2) is 35.4 Å². The minimum Gasteiger partial charge on any atom is -0.452 e. The molecule has 3 aromatic rings. The molecule has 1 aromatic heterocycles. The SMILES string of the molecule is CC(=O)OC1=C(c2ccc(OC(C)=O)cc2)C(=O)c2oc3cc(OC(C)=O)c(OC(C)=O)cc3c2C1=O. The Morgan fingerprint density at radius 2 is 1.22 bits per heavy atom. The molecule has 2 aromatic carbocycles. The highest BCUT2D eigenvalue weighted by molar-refractivity contribution is 6.41. The van der Waals surface area contributed by atoms with Crippen molar-refractivity contribution in [1.82, 2.24) is 0 Å². The van der Waals surface area contributed by atoms with Gasteiger partial charge in [-0.1, -0.05) is 12.1 Å². The molecular weight excluding hydrogens is 488 g/mol. The van der Waals surface area contributed by atoms with Gasteiger partial charge >= 0.3 is 23.9 Å². The lowest BCUT2D eigenvalue weighted by atomic mass is 9.88. The molecular formula is C26H18O11. The molecule has 0 N–H and O–H groups in total. The van der Waals surface area contributed by atoms with Crippen LogP contribution < -0.4 is 14.2 Å². The molecule has 0 saturated heterocycles. The molecule has 0 unspecified atom stereocenters. The number of ketones is 2. The molecule has 11 nitrogen and oxygen atoms in total. The quantitative estimate of drug-likeness (QED) is 0.369. The van der Waals surface area contributed by atoms with E-state index in [1.807, 2.05) is 0 Å². The van der Waals surface area contributed by atoms with Crippen LogP contribution in [0.4, 0.5) is 0 Å². The number of hydrogen-bond acceptors (Lipinski definition) is 11. The number of furan rings is 1. The number of hydrogen-bond donors (Lipinski definition) is 0. The summed E-state index contributed by atoms with van der Waals surface area (Å²) in [7, 11) is 0. The van der Waals surface area contributed by atoms with Crippen LogP contribution in [0, 0.1) is 0 Å². The Morgan fingerprint density at radius 3 is 1.76 bits per heavy atom. The highest BCUT2D eigenvalue weighted by Crippen LogP contribution is 2.42. The van der Waals surface area contributed by atoms with Gasteiger partial charge in [0.25, 0.3) is 0 Å². The van der Waals surface area contributed by atoms with E-state index in [0.29, 0.717) is 0 Å². The fraction of sp³-hybridized carbons (Fsp3) is 0.154. The van der Waals surface area contributed by atoms with E-state index < -0.39 is 41.2 Å². The van der Waals surface area contributed by atoms with Crippen molar-refractivity contribution in [2.45, 2.75) is 27.7 Å². The minimum atomic E-state index is -0.848. The Labute approximate surface area is 208 Å². The Bertz CT molecular complexity index is 1550. The molecule has 4 rings (SSSR count). The first-order chi connectivity index (χ1) is 17.5. The summed E-state index contributed by atoms with van der Waals surface area (Å²) in [5, 5.41) is 0.0643. The van der Waals surface area contributed by atoms with E-state index in [0.717, 1.165) is 20.8 Å². The summed E-state index contributed by atoms with van der Waals surface area (Å²) in [6, 6.07) is 8.04. The molecule has 1 heterocycles. The normalized spacial score (nSPS) is 12.8. The van der Waals surface area contributed by atoms with E-state index in [1.54, 1.807) is 0 Å². The lowest BCUT2D eigenvalue weighted by Crippen LogP contribution is -2.23. The largest absolute Gasteiger partial charge is 0.452 e. The van der Waals surface area contributed by atoms with E-state index >= 15 is 0 Å². The molecule has 188 valence electrons. The number of allylic oxidation sites excluding steroid dienone is 2. The highest BCUT2D eigenvalue weighted by Gasteiger charge is 2.40. The topological polar surface area (TPSA) is 152 Å². The lowest BCUT2D eigenvalue weighted by molar-refractivity contribution is -0.136. The number of esters is 4. The summed E-state index contributed by atoms with van der Waals surface area (Å²) in [5.41, 5.74) is -0.300. The monoisotopic (exact) mass is 506 g/mol. The highest BCUT2D eigenvalue weighted by atomic mass is 16.6. The molecule has 0 amide bonds. The number of fused-ring (bicyclic) bond motifs is 3. The van der Waals surface area contributed by atoms with E-state index in [-0.39, 0.29) is 50.7 Å². The van der Waals surface area contributed by atoms with E-state index in [9.17, 15) is 28.8 Å². The fourth-order valence-corrected chi connectivity index (χ4v) is 3.76. The molecule has 0 atom stereocenters. The summed E-state index contributed by atoms with van der Waals surface area (Å²) in [6.07, 6.45) is 0. The zero-order chi connectivity index (χ0) is 27.0. The van der Waals surface area contributed by atoms with Crippen LogP contribution in [0.2, 0.25) is 0 Å². The Kier molecular flexibility index (Phi) is 6.45. The van der Waals surface area contributed by atoms with Gasteiger partial charge in [0.2, 0.25) is 11.6 Å². The second-order valence-electron chi connectivity index (χ2n) is 7.86. The molecule has 0 aliphatic heterocycles. The van der Waals surface area contributed by atoms with Crippen molar-refractivity contribution in [3.8, 4) is 17.2 Å². The van der Waals surface area contributed by atoms with Gasteiger partial charge in [-0.25, -0.2) is 0 Å². The minimum absolute atomic E-state index is 0.0208. The van der Waals surface area contributed by atoms with Gasteiger partial charge in [0.15, 0.2) is 23.0 Å². The standard InChI is InChI=1S/C26H18O11/c1-11(27)33-16-7-5-15(6-8-16)21-23(31)26-22(24(32)25(21)36-14(4)30)17-9-19(34-12(2)28)20(35-13(3)29)10-18(17)37-26/h5-10H,1-4H3. The van der Waals surface area contributed by atoms with Crippen molar-refractivity contribution in [2.24, 2.45) is 0 Å². The number of carbonyl (C=O) groups is 6. The van der Waals surface area contributed by atoms with Gasteiger partial charge in [0.05, 0.1) is 11.1 Å². The molecule has 0 spiro atoms. The van der Waals surface area contributed by atoms with Crippen LogP contribution in [0.3, 0.4) is 0 Å². The predicted molar refractivity (Wildman–Crippen MR) is 124 cm³/mol. The molecule has 0 fully saturated rings. The third kappa shape index (κ3) is 4.87. The fourth-order valence-electron chi connectivity index (χ4n) is 3.76. The molecule has 1 aliphatic carbocycles. The van der Waals surface area contributed by atoms with Gasteiger partial charge in [-0.05, 0) is 23.8 Å². The number of benzene rings is 2. The van der Waals surface area contributed by atoms with Crippen LogP contribution in [0.1, 0.15) is 54.2 Å². The van der Waals surface area contributed by atoms with Crippen molar-refractivity contribution in [3.05, 3.63) is 59.0 Å². The first-order valence-electron chi connectivity index (χ1n) is 10.7. The molecule has 0 radical (unpaired) electrons. The summed E-state index contributed by atoms with van der Waals surface area (Å²) in [5.74, 6) is -5.51. The van der Waals surface area contributed by atoms with Crippen LogP contribution in [0.25, 0.3) is 16.5 Å². The second kappa shape index (κ2) is 9.53. The number of rotatable bonds is 5. The van der Waals surface area contributed by atoms with E-state index in [1.165, 1.54) is 43.3 Å². The maximum Gasteiger partial charge on any atom is 0.308 e. The molecule has 11 heteroatoms. The molecule has 37 heavy (non-hydrogen) atoms. The van der Waals surface area contributed by atoms with Gasteiger partial charge in [-0.2, -0.15) is 0 Å². The zero-order valence-electron chi connectivity index (χ0n) is 20.0. The molecule has 0 saturated carbocycles. The Balaban J connectivity index is 1.91. The average Bonchev–Trinajstić information content (AvgIpc) is 3.16. The maximum absolute atomic E-state index is 13.6. The summed E-state index contributed by atoms with van der Waals surface area (Å²) in [6.45, 7) is 4.55. The molecule has 1 aliphatic rings. The molecule has 0 bridgehead atoms. The third-order valence-electron chi connectivity index (χ3n) is 5.01. The first-order valence-corrected chi connectivity index (χ1v) is 10.7. The van der Waals surface area contributed by atoms with Crippen LogP contribution in [0.15, 0.2) is 46.6 Å². The summed E-state index contributed by atoms with van der Waals surface area (Å²) >= 11 is 0. The van der Waals surface area contributed by atoms with Crippen molar-refractivity contribution in [1.29, 1.82) is 0 Å². The zero-order valence-corrected chi connectivity index (χ0v) is 20.0. The van der Waals surface area contributed by atoms with Gasteiger partial charge in [0, 0.05) is 39.1 Å². The van der Waals surface area contributed by atoms with E-state index in [2.05, 4.69) is 0 Å². The lowest BCUT2D eigenvalue weighted by Gasteiger charge is -2.17. The maximum atomic E-state index is 13.6. The van der Waals surface area contributed by atoms with Crippen molar-refractivity contribution >= 4 is 52.0 Å².